The molecule has 3 rings (SSSR count). The van der Waals surface area contributed by atoms with Crippen molar-refractivity contribution in [2.45, 2.75) is 40.7 Å². The zero-order chi connectivity index (χ0) is 20.3. The summed E-state index contributed by atoms with van der Waals surface area (Å²) in [5.74, 6) is 1.65. The van der Waals surface area contributed by atoms with Gasteiger partial charge in [0.1, 0.15) is 0 Å². The van der Waals surface area contributed by atoms with Gasteiger partial charge in [0, 0.05) is 19.6 Å². The minimum atomic E-state index is -0.177. The predicted molar refractivity (Wildman–Crippen MR) is 118 cm³/mol. The zero-order valence-electron chi connectivity index (χ0n) is 17.1. The van der Waals surface area contributed by atoms with Crippen LogP contribution in [0.2, 0.25) is 0 Å². The number of carbonyl (C=O) groups excluding carboxylic acids is 2. The molecule has 1 aliphatic rings. The minimum absolute atomic E-state index is 0.136. The summed E-state index contributed by atoms with van der Waals surface area (Å²) in [6.45, 7) is 11.0. The highest BCUT2D eigenvalue weighted by Crippen LogP contribution is 2.22. The van der Waals surface area contributed by atoms with E-state index in [9.17, 15) is 9.59 Å². The third kappa shape index (κ3) is 5.06. The van der Waals surface area contributed by atoms with Crippen molar-refractivity contribution in [2.24, 2.45) is 16.8 Å². The molecule has 0 saturated carbocycles. The van der Waals surface area contributed by atoms with Gasteiger partial charge in [0.25, 0.3) is 5.91 Å². The number of aryl methyl sites for hydroxylation is 2. The molecule has 0 N–H and O–H groups in total. The summed E-state index contributed by atoms with van der Waals surface area (Å²) in [5.41, 5.74) is 2.31. The molecule has 2 atom stereocenters. The minimum Gasteiger partial charge on any atom is -0.341 e. The van der Waals surface area contributed by atoms with Crippen LogP contribution in [0.15, 0.2) is 23.2 Å². The number of carbonyl (C=O) groups is 2. The van der Waals surface area contributed by atoms with E-state index in [2.05, 4.69) is 55.5 Å². The van der Waals surface area contributed by atoms with Gasteiger partial charge in [-0.15, -0.1) is 11.8 Å². The van der Waals surface area contributed by atoms with E-state index in [-0.39, 0.29) is 17.6 Å². The van der Waals surface area contributed by atoms with E-state index in [4.69, 9.17) is 0 Å². The molecular weight excluding hydrogens is 390 g/mol. The SMILES string of the molecule is CCn1c(=NC(=O)CSCC(=O)N2C[C@@H](C)C[C@H](C)C2)sc2cc(C)ccc21. The zero-order valence-corrected chi connectivity index (χ0v) is 18.7. The molecule has 1 aromatic heterocycles. The number of rotatable bonds is 5. The van der Waals surface area contributed by atoms with Crippen LogP contribution in [0.4, 0.5) is 0 Å². The van der Waals surface area contributed by atoms with Crippen LogP contribution >= 0.6 is 23.1 Å². The number of fused-ring (bicyclic) bond motifs is 1. The fraction of sp³-hybridized carbons (Fsp3) is 0.571. The van der Waals surface area contributed by atoms with E-state index >= 15 is 0 Å². The molecule has 2 amide bonds. The first-order chi connectivity index (χ1) is 13.4. The van der Waals surface area contributed by atoms with Gasteiger partial charge in [0.2, 0.25) is 5.91 Å². The van der Waals surface area contributed by atoms with Crippen molar-refractivity contribution >= 4 is 45.1 Å². The number of likely N-dealkylation sites (tertiary alicyclic amines) is 1. The molecule has 1 fully saturated rings. The van der Waals surface area contributed by atoms with Gasteiger partial charge in [-0.25, -0.2) is 0 Å². The lowest BCUT2D eigenvalue weighted by molar-refractivity contribution is -0.130. The van der Waals surface area contributed by atoms with Crippen molar-refractivity contribution in [3.8, 4) is 0 Å². The Hall–Kier alpha value is -1.60. The number of hydrogen-bond acceptors (Lipinski definition) is 4. The monoisotopic (exact) mass is 419 g/mol. The molecule has 5 nitrogen and oxygen atoms in total. The van der Waals surface area contributed by atoms with Gasteiger partial charge in [-0.3, -0.25) is 9.59 Å². The van der Waals surface area contributed by atoms with Crippen molar-refractivity contribution < 1.29 is 9.59 Å². The van der Waals surface area contributed by atoms with Crippen LogP contribution in [0.25, 0.3) is 10.2 Å². The first-order valence-corrected chi connectivity index (χ1v) is 11.9. The molecule has 1 aliphatic heterocycles. The van der Waals surface area contributed by atoms with Gasteiger partial charge in [0.15, 0.2) is 4.80 Å². The molecule has 2 heterocycles. The molecule has 0 aliphatic carbocycles. The van der Waals surface area contributed by atoms with Crippen molar-refractivity contribution in [2.75, 3.05) is 24.6 Å². The lowest BCUT2D eigenvalue weighted by atomic mass is 9.92. The third-order valence-electron chi connectivity index (χ3n) is 5.05. The van der Waals surface area contributed by atoms with Gasteiger partial charge in [-0.2, -0.15) is 4.99 Å². The summed E-state index contributed by atoms with van der Waals surface area (Å²) in [6, 6.07) is 6.29. The summed E-state index contributed by atoms with van der Waals surface area (Å²) in [6.07, 6.45) is 1.18. The summed E-state index contributed by atoms with van der Waals surface area (Å²) in [4.78, 5) is 31.8. The molecule has 1 aromatic carbocycles. The Balaban J connectivity index is 1.61. The lowest BCUT2D eigenvalue weighted by Gasteiger charge is -2.35. The third-order valence-corrected chi connectivity index (χ3v) is 6.99. The Morgan fingerprint density at radius 1 is 1.21 bits per heavy atom. The number of amides is 2. The molecule has 0 spiro atoms. The first-order valence-electron chi connectivity index (χ1n) is 9.90. The largest absolute Gasteiger partial charge is 0.341 e. The maximum atomic E-state index is 12.4. The molecule has 152 valence electrons. The van der Waals surface area contributed by atoms with Crippen LogP contribution < -0.4 is 4.80 Å². The quantitative estimate of drug-likeness (QED) is 0.743. The van der Waals surface area contributed by atoms with Crippen LogP contribution in [0.1, 0.15) is 32.8 Å². The fourth-order valence-electron chi connectivity index (χ4n) is 3.89. The second kappa shape index (κ2) is 9.27. The van der Waals surface area contributed by atoms with Crippen molar-refractivity contribution in [3.05, 3.63) is 28.6 Å². The molecule has 0 bridgehead atoms. The number of piperidine rings is 1. The topological polar surface area (TPSA) is 54.7 Å². The van der Waals surface area contributed by atoms with Crippen molar-refractivity contribution in [1.82, 2.24) is 9.47 Å². The van der Waals surface area contributed by atoms with E-state index < -0.39 is 0 Å². The molecule has 0 unspecified atom stereocenters. The van der Waals surface area contributed by atoms with E-state index in [1.54, 1.807) is 11.3 Å². The maximum Gasteiger partial charge on any atom is 0.258 e. The average molecular weight is 420 g/mol. The summed E-state index contributed by atoms with van der Waals surface area (Å²) in [7, 11) is 0. The second-order valence-corrected chi connectivity index (χ2v) is 9.84. The number of thioether (sulfide) groups is 1. The number of nitrogens with zero attached hydrogens (tertiary/aromatic N) is 3. The van der Waals surface area contributed by atoms with Crippen LogP contribution in [0, 0.1) is 18.8 Å². The highest BCUT2D eigenvalue weighted by molar-refractivity contribution is 8.00. The number of aromatic nitrogens is 1. The van der Waals surface area contributed by atoms with Gasteiger partial charge in [-0.05, 0) is 49.8 Å². The first kappa shape index (κ1) is 21.1. The molecule has 7 heteroatoms. The van der Waals surface area contributed by atoms with Gasteiger partial charge < -0.3 is 9.47 Å². The highest BCUT2D eigenvalue weighted by Gasteiger charge is 2.25. The van der Waals surface area contributed by atoms with Gasteiger partial charge in [0.05, 0.1) is 21.7 Å². The molecule has 1 saturated heterocycles. The highest BCUT2D eigenvalue weighted by atomic mass is 32.2. The Kier molecular flexibility index (Phi) is 6.99. The number of hydrogen-bond donors (Lipinski definition) is 0. The average Bonchev–Trinajstić information content (AvgIpc) is 2.96. The normalized spacial score (nSPS) is 20.7. The Labute approximate surface area is 174 Å². The second-order valence-electron chi connectivity index (χ2n) is 7.84. The summed E-state index contributed by atoms with van der Waals surface area (Å²) < 4.78 is 3.22. The van der Waals surface area contributed by atoms with Crippen LogP contribution in [0.5, 0.6) is 0 Å². The van der Waals surface area contributed by atoms with Crippen LogP contribution in [-0.2, 0) is 16.1 Å². The Bertz CT molecular complexity index is 921. The molecule has 2 aromatic rings. The number of benzene rings is 1. The summed E-state index contributed by atoms with van der Waals surface area (Å²) >= 11 is 2.91. The predicted octanol–water partition coefficient (Wildman–Crippen LogP) is 3.70. The van der Waals surface area contributed by atoms with E-state index in [1.165, 1.54) is 23.7 Å². The van der Waals surface area contributed by atoms with E-state index in [1.807, 2.05) is 4.90 Å². The van der Waals surface area contributed by atoms with E-state index in [0.29, 0.717) is 17.6 Å². The standard InChI is InChI=1S/C21H29N3O2S2/c1-5-24-17-7-6-14(2)9-18(17)28-21(24)22-19(25)12-27-13-20(26)23-10-15(3)8-16(4)11-23/h6-7,9,15-16H,5,8,10-13H2,1-4H3/t15-,16-/m0/s1. The van der Waals surface area contributed by atoms with Crippen molar-refractivity contribution in [3.63, 3.8) is 0 Å². The maximum absolute atomic E-state index is 12.4. The van der Waals surface area contributed by atoms with E-state index in [0.717, 1.165) is 34.7 Å². The smallest absolute Gasteiger partial charge is 0.258 e. The Morgan fingerprint density at radius 2 is 1.93 bits per heavy atom. The molecular formula is C21H29N3O2S2. The van der Waals surface area contributed by atoms with Gasteiger partial charge >= 0.3 is 0 Å². The van der Waals surface area contributed by atoms with Crippen molar-refractivity contribution in [1.29, 1.82) is 0 Å². The molecule has 0 radical (unpaired) electrons. The van der Waals surface area contributed by atoms with Crippen LogP contribution in [-0.4, -0.2) is 45.9 Å². The number of thiazole rings is 1. The summed E-state index contributed by atoms with van der Waals surface area (Å²) in [5, 5.41) is 0. The van der Waals surface area contributed by atoms with Gasteiger partial charge in [-0.1, -0.05) is 31.3 Å². The lowest BCUT2D eigenvalue weighted by Crippen LogP contribution is -2.43. The van der Waals surface area contributed by atoms with Crippen LogP contribution in [0.3, 0.4) is 0 Å². The molecule has 28 heavy (non-hydrogen) atoms. The fourth-order valence-corrected chi connectivity index (χ4v) is 5.80. The Morgan fingerprint density at radius 3 is 2.61 bits per heavy atom.